The summed E-state index contributed by atoms with van der Waals surface area (Å²) in [4.78, 5) is 30.4. The molecule has 6 rings (SSSR count). The number of hydrazone groups is 1. The molecular formula is C27H21ClN4O2S. The lowest BCUT2D eigenvalue weighted by molar-refractivity contribution is -0.126. The van der Waals surface area contributed by atoms with Gasteiger partial charge in [-0.05, 0) is 36.8 Å². The van der Waals surface area contributed by atoms with Crippen LogP contribution in [0.25, 0.3) is 0 Å². The number of thiocarbonyl (C=S) groups is 1. The number of benzene rings is 3. The zero-order chi connectivity index (χ0) is 24.5. The van der Waals surface area contributed by atoms with Crippen LogP contribution in [-0.2, 0) is 15.1 Å². The number of carbonyl (C=O) groups excluding carboxylic acids is 2. The highest BCUT2D eigenvalue weighted by molar-refractivity contribution is 7.80. The molecule has 1 N–H and O–H groups in total. The first-order valence-corrected chi connectivity index (χ1v) is 12.0. The van der Waals surface area contributed by atoms with Crippen LogP contribution in [0.3, 0.4) is 0 Å². The molecular weight excluding hydrogens is 480 g/mol. The quantitative estimate of drug-likeness (QED) is 0.521. The number of fused-ring (bicyclic) bond motifs is 2. The zero-order valence-electron chi connectivity index (χ0n) is 19.0. The summed E-state index contributed by atoms with van der Waals surface area (Å²) < 4.78 is 0. The van der Waals surface area contributed by atoms with Crippen molar-refractivity contribution in [1.29, 1.82) is 0 Å². The van der Waals surface area contributed by atoms with E-state index in [1.54, 1.807) is 24.9 Å². The van der Waals surface area contributed by atoms with Crippen molar-refractivity contribution in [1.82, 2.24) is 5.32 Å². The van der Waals surface area contributed by atoms with Gasteiger partial charge >= 0.3 is 0 Å². The van der Waals surface area contributed by atoms with Crippen LogP contribution in [0.1, 0.15) is 24.0 Å². The van der Waals surface area contributed by atoms with Crippen molar-refractivity contribution in [2.24, 2.45) is 10.5 Å². The second kappa shape index (κ2) is 7.47. The van der Waals surface area contributed by atoms with E-state index in [1.807, 2.05) is 72.8 Å². The van der Waals surface area contributed by atoms with Crippen molar-refractivity contribution in [2.75, 3.05) is 17.0 Å². The van der Waals surface area contributed by atoms with Crippen molar-refractivity contribution in [3.8, 4) is 0 Å². The number of likely N-dealkylation sites (N-methyl/N-ethyl adjacent to an activating group) is 1. The Morgan fingerprint density at radius 3 is 2.34 bits per heavy atom. The fourth-order valence-electron chi connectivity index (χ4n) is 5.90. The minimum Gasteiger partial charge on any atom is -0.360 e. The number of amides is 2. The van der Waals surface area contributed by atoms with Crippen LogP contribution in [0.2, 0.25) is 5.02 Å². The smallest absolute Gasteiger partial charge is 0.267 e. The van der Waals surface area contributed by atoms with Gasteiger partial charge in [0.25, 0.3) is 11.8 Å². The van der Waals surface area contributed by atoms with Gasteiger partial charge in [-0.2, -0.15) is 10.1 Å². The number of halogens is 1. The van der Waals surface area contributed by atoms with E-state index < -0.39 is 16.9 Å². The summed E-state index contributed by atoms with van der Waals surface area (Å²) in [6.45, 7) is 1.80. The van der Waals surface area contributed by atoms with Crippen LogP contribution in [0.15, 0.2) is 84.0 Å². The van der Waals surface area contributed by atoms with E-state index in [0.717, 1.165) is 11.3 Å². The van der Waals surface area contributed by atoms with E-state index >= 15 is 0 Å². The lowest BCUT2D eigenvalue weighted by Crippen LogP contribution is -2.51. The summed E-state index contributed by atoms with van der Waals surface area (Å²) in [5.41, 5.74) is 0.641. The molecule has 0 bridgehead atoms. The van der Waals surface area contributed by atoms with Crippen LogP contribution in [0, 0.1) is 5.41 Å². The molecule has 6 nitrogen and oxygen atoms in total. The van der Waals surface area contributed by atoms with Crippen LogP contribution in [-0.4, -0.2) is 29.6 Å². The van der Waals surface area contributed by atoms with Crippen LogP contribution in [0.4, 0.5) is 11.4 Å². The SMILES string of the molecule is CC1=NN(c2ccccc2)C(=O)[C@]12C(=S)N[C@]1(C(=O)N(C)c3ccccc31)[C@@H]2c1ccccc1Cl. The van der Waals surface area contributed by atoms with Crippen LogP contribution >= 0.6 is 23.8 Å². The number of para-hydroxylation sites is 2. The normalized spacial score (nSPS) is 27.1. The summed E-state index contributed by atoms with van der Waals surface area (Å²) >= 11 is 12.7. The van der Waals surface area contributed by atoms with Crippen LogP contribution < -0.4 is 15.2 Å². The lowest BCUT2D eigenvalue weighted by Gasteiger charge is -2.36. The maximum absolute atomic E-state index is 14.4. The van der Waals surface area contributed by atoms with Crippen molar-refractivity contribution in [3.05, 3.63) is 95.0 Å². The van der Waals surface area contributed by atoms with Crippen molar-refractivity contribution >= 4 is 57.7 Å². The highest BCUT2D eigenvalue weighted by Gasteiger charge is 2.74. The molecule has 3 aromatic carbocycles. The maximum atomic E-state index is 14.4. The summed E-state index contributed by atoms with van der Waals surface area (Å²) in [6, 6.07) is 24.1. The molecule has 0 aliphatic carbocycles. The van der Waals surface area contributed by atoms with E-state index in [0.29, 0.717) is 22.0 Å². The Bertz CT molecular complexity index is 1460. The first kappa shape index (κ1) is 21.9. The molecule has 0 radical (unpaired) electrons. The molecule has 1 fully saturated rings. The van der Waals surface area contributed by atoms with Crippen molar-refractivity contribution < 1.29 is 9.59 Å². The number of nitrogens with zero attached hydrogens (tertiary/aromatic N) is 3. The van der Waals surface area contributed by atoms with Gasteiger partial charge in [0.2, 0.25) is 0 Å². The summed E-state index contributed by atoms with van der Waals surface area (Å²) in [5, 5.41) is 9.90. The highest BCUT2D eigenvalue weighted by atomic mass is 35.5. The van der Waals surface area contributed by atoms with E-state index in [-0.39, 0.29) is 16.8 Å². The van der Waals surface area contributed by atoms with E-state index in [2.05, 4.69) is 5.32 Å². The largest absolute Gasteiger partial charge is 0.360 e. The Kier molecular flexibility index (Phi) is 4.69. The van der Waals surface area contributed by atoms with Gasteiger partial charge in [0.15, 0.2) is 11.0 Å². The second-order valence-electron chi connectivity index (χ2n) is 9.04. The third-order valence-electron chi connectivity index (χ3n) is 7.43. The molecule has 35 heavy (non-hydrogen) atoms. The van der Waals surface area contributed by atoms with Gasteiger partial charge in [-0.3, -0.25) is 9.59 Å². The van der Waals surface area contributed by atoms with Gasteiger partial charge in [0.1, 0.15) is 0 Å². The fraction of sp³-hybridized carbons (Fsp3) is 0.185. The maximum Gasteiger partial charge on any atom is 0.267 e. The Balaban J connectivity index is 1.66. The predicted octanol–water partition coefficient (Wildman–Crippen LogP) is 4.64. The topological polar surface area (TPSA) is 65.0 Å². The molecule has 2 amide bonds. The van der Waals surface area contributed by atoms with Gasteiger partial charge in [-0.15, -0.1) is 0 Å². The molecule has 3 aliphatic heterocycles. The number of hydrogen-bond donors (Lipinski definition) is 1. The Hall–Kier alpha value is -3.55. The predicted molar refractivity (Wildman–Crippen MR) is 141 cm³/mol. The average molecular weight is 501 g/mol. The van der Waals surface area contributed by atoms with Gasteiger partial charge < -0.3 is 10.2 Å². The number of carbonyl (C=O) groups is 2. The first-order chi connectivity index (χ1) is 16.8. The molecule has 3 heterocycles. The molecule has 0 saturated carbocycles. The minimum atomic E-state index is -1.38. The molecule has 1 saturated heterocycles. The standard InChI is InChI=1S/C27H21ClN4O2S/c1-16-26(24(33)32(30-16)17-10-4-3-5-11-17)22(18-12-6-8-14-20(18)28)27(29-23(26)35)19-13-7-9-15-21(19)31(2)25(27)34/h3-15,22H,1-2H3,(H,29,35)/t22-,26-,27+/m1/s1. The molecule has 0 aromatic heterocycles. The monoisotopic (exact) mass is 500 g/mol. The fourth-order valence-corrected chi connectivity index (χ4v) is 6.66. The van der Waals surface area contributed by atoms with Crippen LogP contribution in [0.5, 0.6) is 0 Å². The summed E-state index contributed by atoms with van der Waals surface area (Å²) in [7, 11) is 1.74. The first-order valence-electron chi connectivity index (χ1n) is 11.2. The third-order valence-corrected chi connectivity index (χ3v) is 8.20. The van der Waals surface area contributed by atoms with E-state index in [4.69, 9.17) is 28.9 Å². The van der Waals surface area contributed by atoms with Gasteiger partial charge in [0, 0.05) is 29.2 Å². The Morgan fingerprint density at radius 1 is 0.943 bits per heavy atom. The van der Waals surface area contributed by atoms with Gasteiger partial charge in [-0.25, -0.2) is 0 Å². The van der Waals surface area contributed by atoms with Crippen molar-refractivity contribution in [3.63, 3.8) is 0 Å². The van der Waals surface area contributed by atoms with Gasteiger partial charge in [0.05, 0.1) is 16.4 Å². The second-order valence-corrected chi connectivity index (χ2v) is 9.86. The Labute approximate surface area is 213 Å². The number of nitrogens with one attached hydrogen (secondary N) is 1. The summed E-state index contributed by atoms with van der Waals surface area (Å²) in [5.74, 6) is -1.25. The number of anilines is 2. The molecule has 3 atom stereocenters. The molecule has 0 unspecified atom stereocenters. The number of hydrogen-bond acceptors (Lipinski definition) is 4. The summed E-state index contributed by atoms with van der Waals surface area (Å²) in [6.07, 6.45) is 0. The molecule has 3 aromatic rings. The molecule has 2 spiro atoms. The molecule has 174 valence electrons. The zero-order valence-corrected chi connectivity index (χ0v) is 20.6. The number of rotatable bonds is 2. The molecule has 3 aliphatic rings. The third kappa shape index (κ3) is 2.60. The average Bonchev–Trinajstić information content (AvgIpc) is 3.39. The minimum absolute atomic E-state index is 0.193. The van der Waals surface area contributed by atoms with E-state index in [9.17, 15) is 9.59 Å². The highest BCUT2D eigenvalue weighted by Crippen LogP contribution is 2.62. The van der Waals surface area contributed by atoms with E-state index in [1.165, 1.54) is 5.01 Å². The molecule has 8 heteroatoms. The van der Waals surface area contributed by atoms with Crippen molar-refractivity contribution in [2.45, 2.75) is 18.4 Å². The lowest BCUT2D eigenvalue weighted by atomic mass is 9.62. The Morgan fingerprint density at radius 2 is 1.60 bits per heavy atom. The van der Waals surface area contributed by atoms with Gasteiger partial charge in [-0.1, -0.05) is 78.4 Å².